The van der Waals surface area contributed by atoms with Crippen molar-refractivity contribution in [2.24, 2.45) is 5.92 Å². The Hall–Kier alpha value is -3.80. The number of aromatic nitrogens is 3. The Morgan fingerprint density at radius 1 is 0.970 bits per heavy atom. The van der Waals surface area contributed by atoms with E-state index in [1.807, 2.05) is 35.4 Å². The molecule has 5 rings (SSSR count). The summed E-state index contributed by atoms with van der Waals surface area (Å²) < 4.78 is 0. The summed E-state index contributed by atoms with van der Waals surface area (Å²) >= 11 is 0. The summed E-state index contributed by atoms with van der Waals surface area (Å²) in [6, 6.07) is 19.7. The van der Waals surface area contributed by atoms with E-state index in [0.29, 0.717) is 17.4 Å². The molecule has 1 saturated heterocycles. The number of likely N-dealkylation sites (tertiary alicyclic amines) is 1. The average molecular weight is 438 g/mol. The molecule has 1 aromatic carbocycles. The van der Waals surface area contributed by atoms with Crippen LogP contribution in [-0.4, -0.2) is 38.8 Å². The molecule has 4 heterocycles. The van der Waals surface area contributed by atoms with Gasteiger partial charge in [-0.25, -0.2) is 9.97 Å². The van der Waals surface area contributed by atoms with Crippen molar-refractivity contribution in [3.63, 3.8) is 0 Å². The lowest BCUT2D eigenvalue weighted by Gasteiger charge is -2.20. The Kier molecular flexibility index (Phi) is 5.98. The van der Waals surface area contributed by atoms with Gasteiger partial charge in [-0.3, -0.25) is 9.78 Å². The molecule has 1 atom stereocenters. The highest BCUT2D eigenvalue weighted by Crippen LogP contribution is 2.26. The minimum Gasteiger partial charge on any atom is -0.384 e. The molecule has 3 aromatic heterocycles. The van der Waals surface area contributed by atoms with E-state index in [2.05, 4.69) is 39.2 Å². The first-order valence-corrected chi connectivity index (χ1v) is 11.5. The molecular formula is C27H27N5O. The molecule has 0 saturated carbocycles. The van der Waals surface area contributed by atoms with Gasteiger partial charge in [-0.1, -0.05) is 24.3 Å². The number of hydrogen-bond donors (Lipinski definition) is 1. The second-order valence-electron chi connectivity index (χ2n) is 8.66. The van der Waals surface area contributed by atoms with Gasteiger partial charge in [0, 0.05) is 36.4 Å². The van der Waals surface area contributed by atoms with Crippen molar-refractivity contribution in [2.45, 2.75) is 25.7 Å². The van der Waals surface area contributed by atoms with Crippen molar-refractivity contribution in [2.75, 3.05) is 18.8 Å². The van der Waals surface area contributed by atoms with Crippen molar-refractivity contribution >= 4 is 22.6 Å². The van der Waals surface area contributed by atoms with Crippen LogP contribution in [0.5, 0.6) is 0 Å². The largest absolute Gasteiger partial charge is 0.384 e. The summed E-state index contributed by atoms with van der Waals surface area (Å²) in [6.07, 6.45) is 7.65. The number of hydrogen-bond acceptors (Lipinski definition) is 5. The smallest absolute Gasteiger partial charge is 0.272 e. The summed E-state index contributed by atoms with van der Waals surface area (Å²) in [7, 11) is 0. The lowest BCUT2D eigenvalue weighted by atomic mass is 9.91. The minimum atomic E-state index is -0.00438. The molecule has 1 fully saturated rings. The highest BCUT2D eigenvalue weighted by atomic mass is 16.2. The molecule has 1 amide bonds. The SMILES string of the molecule is Nc1ccc(-c2cccc(C(=O)N3CCCC(Cc4cccc5ncccc45)CC3)n2)cn1. The first-order valence-electron chi connectivity index (χ1n) is 11.5. The Balaban J connectivity index is 1.27. The van der Waals surface area contributed by atoms with E-state index in [1.54, 1.807) is 18.3 Å². The lowest BCUT2D eigenvalue weighted by molar-refractivity contribution is 0.0754. The zero-order valence-electron chi connectivity index (χ0n) is 18.5. The minimum absolute atomic E-state index is 0.00438. The van der Waals surface area contributed by atoms with Gasteiger partial charge in [0.15, 0.2) is 0 Å². The number of fused-ring (bicyclic) bond motifs is 1. The third-order valence-electron chi connectivity index (χ3n) is 6.43. The number of carbonyl (C=O) groups is 1. The molecule has 6 heteroatoms. The van der Waals surface area contributed by atoms with Gasteiger partial charge in [0.05, 0.1) is 11.2 Å². The van der Waals surface area contributed by atoms with E-state index >= 15 is 0 Å². The van der Waals surface area contributed by atoms with Gasteiger partial charge in [0.2, 0.25) is 0 Å². The lowest BCUT2D eigenvalue weighted by Crippen LogP contribution is -2.32. The van der Waals surface area contributed by atoms with Crippen LogP contribution in [0.2, 0.25) is 0 Å². The van der Waals surface area contributed by atoms with Crippen molar-refractivity contribution in [1.82, 2.24) is 19.9 Å². The normalized spacial score (nSPS) is 16.5. The maximum atomic E-state index is 13.2. The summed E-state index contributed by atoms with van der Waals surface area (Å²) in [4.78, 5) is 28.4. The summed E-state index contributed by atoms with van der Waals surface area (Å²) in [5, 5.41) is 1.23. The fourth-order valence-electron chi connectivity index (χ4n) is 4.66. The fourth-order valence-corrected chi connectivity index (χ4v) is 4.66. The number of nitrogen functional groups attached to an aromatic ring is 1. The molecule has 2 N–H and O–H groups in total. The predicted octanol–water partition coefficient (Wildman–Crippen LogP) is 4.76. The van der Waals surface area contributed by atoms with E-state index in [0.717, 1.165) is 55.5 Å². The van der Waals surface area contributed by atoms with Gasteiger partial charge >= 0.3 is 0 Å². The Morgan fingerprint density at radius 3 is 2.76 bits per heavy atom. The summed E-state index contributed by atoms with van der Waals surface area (Å²) in [5.74, 6) is 1.01. The first kappa shape index (κ1) is 21.1. The molecule has 0 spiro atoms. The molecule has 33 heavy (non-hydrogen) atoms. The standard InChI is InChI=1S/C27H27N5O/c28-26-12-11-21(18-30-26)23-8-2-10-25(31-23)27(33)32-15-4-5-19(13-16-32)17-20-6-1-9-24-22(20)7-3-14-29-24/h1-3,6-12,14,18-19H,4-5,13,15-17H2,(H2,28,30). The number of anilines is 1. The van der Waals surface area contributed by atoms with Crippen LogP contribution in [0.3, 0.4) is 0 Å². The van der Waals surface area contributed by atoms with Gasteiger partial charge in [-0.05, 0) is 73.6 Å². The Morgan fingerprint density at radius 2 is 1.88 bits per heavy atom. The predicted molar refractivity (Wildman–Crippen MR) is 131 cm³/mol. The van der Waals surface area contributed by atoms with Crippen LogP contribution >= 0.6 is 0 Å². The number of nitrogens with zero attached hydrogens (tertiary/aromatic N) is 4. The van der Waals surface area contributed by atoms with Crippen LogP contribution < -0.4 is 5.73 Å². The van der Waals surface area contributed by atoms with Crippen molar-refractivity contribution < 1.29 is 4.79 Å². The van der Waals surface area contributed by atoms with Crippen LogP contribution in [0, 0.1) is 5.92 Å². The van der Waals surface area contributed by atoms with Gasteiger partial charge in [-0.15, -0.1) is 0 Å². The zero-order chi connectivity index (χ0) is 22.6. The van der Waals surface area contributed by atoms with Crippen LogP contribution in [0.4, 0.5) is 5.82 Å². The number of rotatable bonds is 4. The number of benzene rings is 1. The molecule has 1 unspecified atom stereocenters. The third-order valence-corrected chi connectivity index (χ3v) is 6.43. The Bertz CT molecular complexity index is 1270. The molecule has 1 aliphatic rings. The van der Waals surface area contributed by atoms with Crippen LogP contribution in [0.15, 0.2) is 73.1 Å². The monoisotopic (exact) mass is 437 g/mol. The van der Waals surface area contributed by atoms with Crippen molar-refractivity contribution in [1.29, 1.82) is 0 Å². The quantitative estimate of drug-likeness (QED) is 0.498. The molecule has 6 nitrogen and oxygen atoms in total. The average Bonchev–Trinajstić information content (AvgIpc) is 3.10. The van der Waals surface area contributed by atoms with Gasteiger partial charge in [-0.2, -0.15) is 0 Å². The van der Waals surface area contributed by atoms with Crippen molar-refractivity contribution in [3.05, 3.63) is 84.3 Å². The van der Waals surface area contributed by atoms with Gasteiger partial charge < -0.3 is 10.6 Å². The number of carbonyl (C=O) groups excluding carboxylic acids is 1. The van der Waals surface area contributed by atoms with E-state index in [1.165, 1.54) is 10.9 Å². The number of nitrogens with two attached hydrogens (primary N) is 1. The highest BCUT2D eigenvalue weighted by Gasteiger charge is 2.23. The van der Waals surface area contributed by atoms with E-state index in [-0.39, 0.29) is 5.91 Å². The molecule has 4 aromatic rings. The topological polar surface area (TPSA) is 85.0 Å². The van der Waals surface area contributed by atoms with Crippen LogP contribution in [-0.2, 0) is 6.42 Å². The van der Waals surface area contributed by atoms with Gasteiger partial charge in [0.1, 0.15) is 11.5 Å². The van der Waals surface area contributed by atoms with E-state index in [4.69, 9.17) is 5.73 Å². The molecule has 0 aliphatic carbocycles. The van der Waals surface area contributed by atoms with E-state index in [9.17, 15) is 4.79 Å². The summed E-state index contributed by atoms with van der Waals surface area (Å²) in [5.41, 5.74) is 10.1. The molecule has 1 aliphatic heterocycles. The van der Waals surface area contributed by atoms with Gasteiger partial charge in [0.25, 0.3) is 5.91 Å². The van der Waals surface area contributed by atoms with Crippen LogP contribution in [0.1, 0.15) is 35.3 Å². The second kappa shape index (κ2) is 9.36. The molecule has 166 valence electrons. The number of amides is 1. The third kappa shape index (κ3) is 4.70. The second-order valence-corrected chi connectivity index (χ2v) is 8.66. The maximum absolute atomic E-state index is 13.2. The first-order chi connectivity index (χ1) is 16.2. The Labute approximate surface area is 193 Å². The summed E-state index contributed by atoms with van der Waals surface area (Å²) in [6.45, 7) is 1.52. The fraction of sp³-hybridized carbons (Fsp3) is 0.259. The van der Waals surface area contributed by atoms with Crippen molar-refractivity contribution in [3.8, 4) is 11.3 Å². The number of pyridine rings is 3. The maximum Gasteiger partial charge on any atom is 0.272 e. The zero-order valence-corrected chi connectivity index (χ0v) is 18.5. The highest BCUT2D eigenvalue weighted by molar-refractivity contribution is 5.93. The van der Waals surface area contributed by atoms with E-state index < -0.39 is 0 Å². The van der Waals surface area contributed by atoms with Crippen LogP contribution in [0.25, 0.3) is 22.2 Å². The molecule has 0 radical (unpaired) electrons. The molecule has 0 bridgehead atoms. The molecular weight excluding hydrogens is 410 g/mol.